The van der Waals surface area contributed by atoms with E-state index in [1.807, 2.05) is 30.3 Å². The largest absolute Gasteiger partial charge is 0.481 e. The van der Waals surface area contributed by atoms with Crippen molar-refractivity contribution in [3.63, 3.8) is 0 Å². The first-order valence-electron chi connectivity index (χ1n) is 8.35. The van der Waals surface area contributed by atoms with E-state index in [9.17, 15) is 14.4 Å². The van der Waals surface area contributed by atoms with Crippen molar-refractivity contribution in [1.82, 2.24) is 10.2 Å². The molecule has 1 fully saturated rings. The zero-order chi connectivity index (χ0) is 17.4. The van der Waals surface area contributed by atoms with Crippen LogP contribution in [0.4, 0.5) is 0 Å². The lowest BCUT2D eigenvalue weighted by Gasteiger charge is -2.32. The van der Waals surface area contributed by atoms with Gasteiger partial charge in [-0.1, -0.05) is 30.3 Å². The number of carboxylic acids is 1. The van der Waals surface area contributed by atoms with Crippen molar-refractivity contribution in [2.75, 3.05) is 19.6 Å². The van der Waals surface area contributed by atoms with E-state index in [-0.39, 0.29) is 37.1 Å². The van der Waals surface area contributed by atoms with Gasteiger partial charge in [0.1, 0.15) is 0 Å². The lowest BCUT2D eigenvalue weighted by molar-refractivity contribution is -0.137. The quantitative estimate of drug-likeness (QED) is 0.791. The zero-order valence-electron chi connectivity index (χ0n) is 13.7. The molecule has 6 heteroatoms. The molecule has 1 aromatic rings. The molecular weight excluding hydrogens is 308 g/mol. The Labute approximate surface area is 141 Å². The lowest BCUT2D eigenvalue weighted by atomic mass is 9.93. The number of carbonyl (C=O) groups excluding carboxylic acids is 2. The van der Waals surface area contributed by atoms with Crippen molar-refractivity contribution in [1.29, 1.82) is 0 Å². The smallest absolute Gasteiger partial charge is 0.303 e. The number of carboxylic acid groups (broad SMARTS) is 1. The third-order valence-electron chi connectivity index (χ3n) is 4.28. The molecule has 2 rings (SSSR count). The number of nitrogens with zero attached hydrogens (tertiary/aromatic N) is 1. The summed E-state index contributed by atoms with van der Waals surface area (Å²) in [5.74, 6) is -0.837. The third kappa shape index (κ3) is 6.02. The molecule has 0 aromatic heterocycles. The Kier molecular flexibility index (Phi) is 6.78. The molecule has 1 aromatic carbocycles. The van der Waals surface area contributed by atoms with Crippen molar-refractivity contribution in [2.45, 2.75) is 32.1 Å². The Morgan fingerprint density at radius 2 is 1.96 bits per heavy atom. The molecule has 130 valence electrons. The standard InChI is InChI=1S/C18H24N2O4/c21-16(11-14-5-2-1-3-6-14)19-12-17(22)20-10-4-7-15(13-20)8-9-18(23)24/h1-3,5-6,15H,4,7-13H2,(H,19,21)(H,23,24). The number of nitrogens with one attached hydrogen (secondary N) is 1. The van der Waals surface area contributed by atoms with Gasteiger partial charge >= 0.3 is 5.97 Å². The number of carbonyl (C=O) groups is 3. The topological polar surface area (TPSA) is 86.7 Å². The van der Waals surface area contributed by atoms with Crippen molar-refractivity contribution < 1.29 is 19.5 Å². The first kappa shape index (κ1) is 18.0. The van der Waals surface area contributed by atoms with E-state index in [0.29, 0.717) is 19.5 Å². The Balaban J connectivity index is 1.73. The van der Waals surface area contributed by atoms with Gasteiger partial charge in [-0.15, -0.1) is 0 Å². The third-order valence-corrected chi connectivity index (χ3v) is 4.28. The van der Waals surface area contributed by atoms with Gasteiger partial charge in [-0.3, -0.25) is 14.4 Å². The molecule has 1 atom stereocenters. The van der Waals surface area contributed by atoms with Crippen molar-refractivity contribution in [3.8, 4) is 0 Å². The second kappa shape index (κ2) is 9.05. The Morgan fingerprint density at radius 1 is 1.21 bits per heavy atom. The number of likely N-dealkylation sites (tertiary alicyclic amines) is 1. The monoisotopic (exact) mass is 332 g/mol. The van der Waals surface area contributed by atoms with Gasteiger partial charge in [0.25, 0.3) is 0 Å². The van der Waals surface area contributed by atoms with Crippen LogP contribution in [0.3, 0.4) is 0 Å². The van der Waals surface area contributed by atoms with E-state index < -0.39 is 5.97 Å². The van der Waals surface area contributed by atoms with Gasteiger partial charge in [0.15, 0.2) is 0 Å². The van der Waals surface area contributed by atoms with Crippen LogP contribution in [-0.4, -0.2) is 47.4 Å². The summed E-state index contributed by atoms with van der Waals surface area (Å²) in [6.45, 7) is 1.26. The van der Waals surface area contributed by atoms with Crippen molar-refractivity contribution in [2.24, 2.45) is 5.92 Å². The molecule has 0 spiro atoms. The number of piperidine rings is 1. The molecule has 1 saturated heterocycles. The normalized spacial score (nSPS) is 17.3. The summed E-state index contributed by atoms with van der Waals surface area (Å²) in [5.41, 5.74) is 0.911. The highest BCUT2D eigenvalue weighted by molar-refractivity contribution is 5.85. The van der Waals surface area contributed by atoms with Crippen LogP contribution in [0.25, 0.3) is 0 Å². The Bertz CT molecular complexity index is 574. The van der Waals surface area contributed by atoms with Crippen LogP contribution in [-0.2, 0) is 20.8 Å². The zero-order valence-corrected chi connectivity index (χ0v) is 13.7. The minimum absolute atomic E-state index is 0.00266. The van der Waals surface area contributed by atoms with Gasteiger partial charge in [-0.25, -0.2) is 0 Å². The first-order chi connectivity index (χ1) is 11.5. The summed E-state index contributed by atoms with van der Waals surface area (Å²) in [5, 5.41) is 11.4. The number of amides is 2. The van der Waals surface area contributed by atoms with Crippen molar-refractivity contribution >= 4 is 17.8 Å². The second-order valence-corrected chi connectivity index (χ2v) is 6.22. The highest BCUT2D eigenvalue weighted by Crippen LogP contribution is 2.20. The predicted octanol–water partition coefficient (Wildman–Crippen LogP) is 1.45. The van der Waals surface area contributed by atoms with Gasteiger partial charge in [-0.05, 0) is 30.7 Å². The fraction of sp³-hybridized carbons (Fsp3) is 0.500. The van der Waals surface area contributed by atoms with Crippen molar-refractivity contribution in [3.05, 3.63) is 35.9 Å². The maximum absolute atomic E-state index is 12.2. The highest BCUT2D eigenvalue weighted by atomic mass is 16.4. The second-order valence-electron chi connectivity index (χ2n) is 6.22. The average molecular weight is 332 g/mol. The molecule has 1 aliphatic rings. The van der Waals surface area contributed by atoms with Crippen LogP contribution in [0.2, 0.25) is 0 Å². The number of hydrogen-bond acceptors (Lipinski definition) is 3. The number of rotatable bonds is 7. The van der Waals surface area contributed by atoms with Crippen LogP contribution < -0.4 is 5.32 Å². The predicted molar refractivity (Wildman–Crippen MR) is 89.3 cm³/mol. The lowest BCUT2D eigenvalue weighted by Crippen LogP contribution is -2.45. The molecule has 0 saturated carbocycles. The molecule has 1 heterocycles. The van der Waals surface area contributed by atoms with Crippen LogP contribution in [0.5, 0.6) is 0 Å². The van der Waals surface area contributed by atoms with Gasteiger partial charge in [0.05, 0.1) is 13.0 Å². The van der Waals surface area contributed by atoms with Crippen LogP contribution in [0.15, 0.2) is 30.3 Å². The van der Waals surface area contributed by atoms with Crippen LogP contribution in [0, 0.1) is 5.92 Å². The molecule has 24 heavy (non-hydrogen) atoms. The minimum Gasteiger partial charge on any atom is -0.481 e. The molecule has 0 bridgehead atoms. The summed E-state index contributed by atoms with van der Waals surface area (Å²) in [7, 11) is 0. The molecule has 1 unspecified atom stereocenters. The Hall–Kier alpha value is -2.37. The molecule has 1 aliphatic heterocycles. The Morgan fingerprint density at radius 3 is 2.67 bits per heavy atom. The minimum atomic E-state index is -0.799. The fourth-order valence-electron chi connectivity index (χ4n) is 2.98. The van der Waals surface area contributed by atoms with Gasteiger partial charge in [0, 0.05) is 19.5 Å². The maximum Gasteiger partial charge on any atom is 0.303 e. The summed E-state index contributed by atoms with van der Waals surface area (Å²) >= 11 is 0. The summed E-state index contributed by atoms with van der Waals surface area (Å²) in [6.07, 6.45) is 2.83. The fourth-order valence-corrected chi connectivity index (χ4v) is 2.98. The summed E-state index contributed by atoms with van der Waals surface area (Å²) in [6, 6.07) is 9.39. The molecular formula is C18H24N2O4. The van der Waals surface area contributed by atoms with Gasteiger partial charge in [-0.2, -0.15) is 0 Å². The molecule has 0 radical (unpaired) electrons. The number of hydrogen-bond donors (Lipinski definition) is 2. The SMILES string of the molecule is O=C(O)CCC1CCCN(C(=O)CNC(=O)Cc2ccccc2)C1. The maximum atomic E-state index is 12.2. The summed E-state index contributed by atoms with van der Waals surface area (Å²) < 4.78 is 0. The number of benzene rings is 1. The van der Waals surface area contributed by atoms with E-state index in [1.165, 1.54) is 0 Å². The molecule has 0 aliphatic carbocycles. The highest BCUT2D eigenvalue weighted by Gasteiger charge is 2.24. The van der Waals surface area contributed by atoms with E-state index >= 15 is 0 Å². The molecule has 2 amide bonds. The van der Waals surface area contributed by atoms with Gasteiger partial charge < -0.3 is 15.3 Å². The van der Waals surface area contributed by atoms with E-state index in [1.54, 1.807) is 4.90 Å². The average Bonchev–Trinajstić information content (AvgIpc) is 2.59. The van der Waals surface area contributed by atoms with E-state index in [4.69, 9.17) is 5.11 Å². The first-order valence-corrected chi connectivity index (χ1v) is 8.35. The van der Waals surface area contributed by atoms with E-state index in [2.05, 4.69) is 5.32 Å². The van der Waals surface area contributed by atoms with Crippen LogP contribution in [0.1, 0.15) is 31.2 Å². The number of aliphatic carboxylic acids is 1. The summed E-state index contributed by atoms with van der Waals surface area (Å²) in [4.78, 5) is 36.5. The van der Waals surface area contributed by atoms with Gasteiger partial charge in [0.2, 0.25) is 11.8 Å². The van der Waals surface area contributed by atoms with Crippen LogP contribution >= 0.6 is 0 Å². The molecule has 2 N–H and O–H groups in total. The molecule has 6 nitrogen and oxygen atoms in total. The van der Waals surface area contributed by atoms with E-state index in [0.717, 1.165) is 18.4 Å².